The maximum absolute atomic E-state index is 12.6. The third-order valence-corrected chi connectivity index (χ3v) is 5.08. The molecule has 1 fully saturated rings. The molecule has 1 unspecified atom stereocenters. The third kappa shape index (κ3) is 3.95. The first-order valence-corrected chi connectivity index (χ1v) is 9.42. The molecule has 3 aromatic rings. The topological polar surface area (TPSA) is 96.2 Å². The van der Waals surface area contributed by atoms with Crippen molar-refractivity contribution in [1.29, 1.82) is 0 Å². The highest BCUT2D eigenvalue weighted by Gasteiger charge is 2.21. The number of carbonyl (C=O) groups is 1. The smallest absolute Gasteiger partial charge is 0.251 e. The summed E-state index contributed by atoms with van der Waals surface area (Å²) in [5, 5.41) is 7.28. The Morgan fingerprint density at radius 2 is 2.04 bits per heavy atom. The molecule has 2 heterocycles. The van der Waals surface area contributed by atoms with Crippen molar-refractivity contribution >= 4 is 28.3 Å². The second-order valence-corrected chi connectivity index (χ2v) is 7.20. The van der Waals surface area contributed by atoms with Crippen LogP contribution in [0.4, 0.5) is 11.5 Å². The maximum atomic E-state index is 12.6. The van der Waals surface area contributed by atoms with Gasteiger partial charge < -0.3 is 21.3 Å². The van der Waals surface area contributed by atoms with Gasteiger partial charge in [0.1, 0.15) is 12.1 Å². The maximum Gasteiger partial charge on any atom is 0.251 e. The van der Waals surface area contributed by atoms with Crippen LogP contribution in [0.2, 0.25) is 0 Å². The quantitative estimate of drug-likeness (QED) is 0.632. The summed E-state index contributed by atoms with van der Waals surface area (Å²) in [5.74, 6) is 0.641. The van der Waals surface area contributed by atoms with Crippen molar-refractivity contribution in [1.82, 2.24) is 20.2 Å². The van der Waals surface area contributed by atoms with E-state index in [1.807, 2.05) is 42.5 Å². The zero-order valence-corrected chi connectivity index (χ0v) is 15.9. The van der Waals surface area contributed by atoms with E-state index >= 15 is 0 Å². The average Bonchev–Trinajstić information content (AvgIpc) is 3.13. The molecule has 1 saturated heterocycles. The van der Waals surface area contributed by atoms with Gasteiger partial charge in [0.25, 0.3) is 5.91 Å². The fourth-order valence-corrected chi connectivity index (χ4v) is 3.48. The van der Waals surface area contributed by atoms with Gasteiger partial charge in [0.05, 0.1) is 5.52 Å². The molecule has 1 aliphatic heterocycles. The summed E-state index contributed by atoms with van der Waals surface area (Å²) in [6, 6.07) is 13.6. The van der Waals surface area contributed by atoms with Gasteiger partial charge in [-0.05, 0) is 55.9 Å². The molecular weight excluding hydrogens is 352 g/mol. The summed E-state index contributed by atoms with van der Waals surface area (Å²) in [4.78, 5) is 23.5. The summed E-state index contributed by atoms with van der Waals surface area (Å²) in [5.41, 5.74) is 8.98. The van der Waals surface area contributed by atoms with Crippen LogP contribution in [0.15, 0.2) is 48.8 Å². The van der Waals surface area contributed by atoms with Crippen molar-refractivity contribution < 1.29 is 4.79 Å². The first kappa shape index (κ1) is 18.3. The van der Waals surface area contributed by atoms with E-state index in [0.29, 0.717) is 17.9 Å². The molecule has 1 aliphatic rings. The fourth-order valence-electron chi connectivity index (χ4n) is 3.48. The number of benzene rings is 2. The summed E-state index contributed by atoms with van der Waals surface area (Å²) in [6.45, 7) is 2.41. The van der Waals surface area contributed by atoms with Gasteiger partial charge in [-0.2, -0.15) is 0 Å². The number of likely N-dealkylation sites (tertiary alicyclic amines) is 1. The Morgan fingerprint density at radius 1 is 1.21 bits per heavy atom. The molecule has 7 nitrogen and oxygen atoms in total. The van der Waals surface area contributed by atoms with Crippen LogP contribution in [0.5, 0.6) is 0 Å². The number of likely N-dealkylation sites (N-methyl/N-ethyl adjacent to an activating group) is 1. The second-order valence-electron chi connectivity index (χ2n) is 7.20. The molecule has 0 aliphatic carbocycles. The zero-order chi connectivity index (χ0) is 19.5. The summed E-state index contributed by atoms with van der Waals surface area (Å²) in [6.07, 6.45) is 2.49. The molecule has 2 aromatic carbocycles. The Kier molecular flexibility index (Phi) is 5.18. The van der Waals surface area contributed by atoms with E-state index in [0.717, 1.165) is 41.7 Å². The lowest BCUT2D eigenvalue weighted by Crippen LogP contribution is -2.36. The number of fused-ring (bicyclic) bond motifs is 1. The minimum Gasteiger partial charge on any atom is -0.348 e. The molecule has 0 saturated carbocycles. The van der Waals surface area contributed by atoms with Crippen LogP contribution in [-0.4, -0.2) is 47.0 Å². The number of nitrogens with two attached hydrogens (primary N) is 1. The molecule has 144 valence electrons. The summed E-state index contributed by atoms with van der Waals surface area (Å²) < 4.78 is 0. The molecule has 28 heavy (non-hydrogen) atoms. The van der Waals surface area contributed by atoms with Crippen LogP contribution in [0.25, 0.3) is 10.9 Å². The van der Waals surface area contributed by atoms with E-state index in [1.165, 1.54) is 6.33 Å². The molecule has 1 atom stereocenters. The standard InChI is InChI=1S/C21H24N6O/c1-27-9-8-17(12-27)26-21(28)15-4-7-18-19(10-15)23-13-24-20(18)25-16-5-2-14(11-22)3-6-16/h2-7,10,13,17H,8-9,11-12,22H2,1H3,(H,26,28)(H,23,24,25). The van der Waals surface area contributed by atoms with E-state index in [2.05, 4.69) is 32.5 Å². The average molecular weight is 376 g/mol. The van der Waals surface area contributed by atoms with Gasteiger partial charge in [0.2, 0.25) is 0 Å². The van der Waals surface area contributed by atoms with E-state index in [-0.39, 0.29) is 11.9 Å². The number of hydrogen-bond donors (Lipinski definition) is 3. The van der Waals surface area contributed by atoms with E-state index in [4.69, 9.17) is 5.73 Å². The Balaban J connectivity index is 1.54. The molecule has 1 amide bonds. The SMILES string of the molecule is CN1CCC(NC(=O)c2ccc3c(Nc4ccc(CN)cc4)ncnc3c2)C1. The number of rotatable bonds is 5. The zero-order valence-electron chi connectivity index (χ0n) is 15.9. The first-order chi connectivity index (χ1) is 13.6. The van der Waals surface area contributed by atoms with Crippen LogP contribution in [0.1, 0.15) is 22.3 Å². The number of amides is 1. The molecule has 0 radical (unpaired) electrons. The Labute approximate surface area is 164 Å². The lowest BCUT2D eigenvalue weighted by Gasteiger charge is -2.13. The second kappa shape index (κ2) is 7.92. The Morgan fingerprint density at radius 3 is 2.75 bits per heavy atom. The summed E-state index contributed by atoms with van der Waals surface area (Å²) >= 11 is 0. The van der Waals surface area contributed by atoms with E-state index < -0.39 is 0 Å². The van der Waals surface area contributed by atoms with Gasteiger partial charge in [0, 0.05) is 35.8 Å². The van der Waals surface area contributed by atoms with Crippen molar-refractivity contribution in [3.05, 3.63) is 59.9 Å². The van der Waals surface area contributed by atoms with Crippen LogP contribution in [0, 0.1) is 0 Å². The minimum absolute atomic E-state index is 0.0623. The Bertz CT molecular complexity index is 988. The van der Waals surface area contributed by atoms with Gasteiger partial charge in [-0.3, -0.25) is 4.79 Å². The molecule has 4 rings (SSSR count). The highest BCUT2D eigenvalue weighted by Crippen LogP contribution is 2.24. The molecule has 1 aromatic heterocycles. The number of nitrogens with one attached hydrogen (secondary N) is 2. The number of carbonyl (C=O) groups excluding carboxylic acids is 1. The number of nitrogens with zero attached hydrogens (tertiary/aromatic N) is 3. The largest absolute Gasteiger partial charge is 0.348 e. The number of hydrogen-bond acceptors (Lipinski definition) is 6. The number of anilines is 2. The van der Waals surface area contributed by atoms with Crippen molar-refractivity contribution in [2.75, 3.05) is 25.5 Å². The van der Waals surface area contributed by atoms with Gasteiger partial charge >= 0.3 is 0 Å². The fraction of sp³-hybridized carbons (Fsp3) is 0.286. The predicted octanol–water partition coefficient (Wildman–Crippen LogP) is 2.27. The predicted molar refractivity (Wildman–Crippen MR) is 111 cm³/mol. The van der Waals surface area contributed by atoms with Gasteiger partial charge in [-0.1, -0.05) is 12.1 Å². The first-order valence-electron chi connectivity index (χ1n) is 9.42. The summed E-state index contributed by atoms with van der Waals surface area (Å²) in [7, 11) is 2.07. The van der Waals surface area contributed by atoms with Crippen LogP contribution < -0.4 is 16.4 Å². The lowest BCUT2D eigenvalue weighted by atomic mass is 10.1. The highest BCUT2D eigenvalue weighted by atomic mass is 16.1. The normalized spacial score (nSPS) is 17.0. The molecule has 4 N–H and O–H groups in total. The lowest BCUT2D eigenvalue weighted by molar-refractivity contribution is 0.0938. The van der Waals surface area contributed by atoms with Gasteiger partial charge in [-0.25, -0.2) is 9.97 Å². The van der Waals surface area contributed by atoms with Crippen molar-refractivity contribution in [2.45, 2.75) is 19.0 Å². The molecule has 0 bridgehead atoms. The monoisotopic (exact) mass is 376 g/mol. The van der Waals surface area contributed by atoms with Crippen molar-refractivity contribution in [2.24, 2.45) is 5.73 Å². The van der Waals surface area contributed by atoms with Gasteiger partial charge in [-0.15, -0.1) is 0 Å². The number of aromatic nitrogens is 2. The van der Waals surface area contributed by atoms with E-state index in [1.54, 1.807) is 0 Å². The highest BCUT2D eigenvalue weighted by molar-refractivity contribution is 6.00. The molecule has 0 spiro atoms. The molecule has 7 heteroatoms. The van der Waals surface area contributed by atoms with Crippen molar-refractivity contribution in [3.63, 3.8) is 0 Å². The van der Waals surface area contributed by atoms with Crippen LogP contribution in [0.3, 0.4) is 0 Å². The van der Waals surface area contributed by atoms with E-state index in [9.17, 15) is 4.79 Å². The Hall–Kier alpha value is -3.03. The minimum atomic E-state index is -0.0623. The van der Waals surface area contributed by atoms with Gasteiger partial charge in [0.15, 0.2) is 0 Å². The van der Waals surface area contributed by atoms with Crippen LogP contribution in [-0.2, 0) is 6.54 Å². The molecular formula is C21H24N6O. The van der Waals surface area contributed by atoms with Crippen LogP contribution >= 0.6 is 0 Å². The van der Waals surface area contributed by atoms with Crippen molar-refractivity contribution in [3.8, 4) is 0 Å². The third-order valence-electron chi connectivity index (χ3n) is 5.08.